The quantitative estimate of drug-likeness (QED) is 0.600. The van der Waals surface area contributed by atoms with Crippen molar-refractivity contribution in [2.45, 2.75) is 19.8 Å². The van der Waals surface area contributed by atoms with E-state index in [1.165, 1.54) is 0 Å². The topological polar surface area (TPSA) is 53.4 Å². The Bertz CT molecular complexity index is 1010. The molecular formula is C24H28ClN5O. The molecule has 0 atom stereocenters. The third-order valence-electron chi connectivity index (χ3n) is 5.69. The fourth-order valence-electron chi connectivity index (χ4n) is 3.87. The summed E-state index contributed by atoms with van der Waals surface area (Å²) >= 11 is 6.23. The number of halogens is 1. The molecule has 0 saturated carbocycles. The van der Waals surface area contributed by atoms with Crippen molar-refractivity contribution in [1.82, 2.24) is 14.7 Å². The lowest BCUT2D eigenvalue weighted by atomic mass is 10.1. The Balaban J connectivity index is 1.38. The molecule has 1 saturated heterocycles. The molecule has 1 amide bonds. The lowest BCUT2D eigenvalue weighted by Crippen LogP contribution is -2.46. The van der Waals surface area contributed by atoms with Crippen LogP contribution >= 0.6 is 11.6 Å². The summed E-state index contributed by atoms with van der Waals surface area (Å²) in [5.74, 6) is -0.0248. The summed E-state index contributed by atoms with van der Waals surface area (Å²) in [4.78, 5) is 17.5. The lowest BCUT2D eigenvalue weighted by molar-refractivity contribution is -0.116. The molecule has 0 spiro atoms. The molecule has 4 rings (SSSR count). The van der Waals surface area contributed by atoms with Crippen LogP contribution in [0.2, 0.25) is 5.02 Å². The Kier molecular flexibility index (Phi) is 6.89. The summed E-state index contributed by atoms with van der Waals surface area (Å²) in [5, 5.41) is 8.10. The molecule has 0 radical (unpaired) electrons. The maximum absolute atomic E-state index is 12.7. The van der Waals surface area contributed by atoms with Gasteiger partial charge in [0.15, 0.2) is 0 Å². The summed E-state index contributed by atoms with van der Waals surface area (Å²) in [6.45, 7) is 7.19. The first kappa shape index (κ1) is 21.4. The van der Waals surface area contributed by atoms with Gasteiger partial charge in [0.2, 0.25) is 5.91 Å². The van der Waals surface area contributed by atoms with Gasteiger partial charge in [0, 0.05) is 43.8 Å². The minimum atomic E-state index is -0.0248. The number of aryl methyl sites for hydroxylation is 1. The van der Waals surface area contributed by atoms with E-state index in [0.717, 1.165) is 55.3 Å². The van der Waals surface area contributed by atoms with Crippen molar-refractivity contribution >= 4 is 28.9 Å². The van der Waals surface area contributed by atoms with Crippen LogP contribution in [0, 0.1) is 0 Å². The second-order valence-corrected chi connectivity index (χ2v) is 8.20. The zero-order valence-corrected chi connectivity index (χ0v) is 18.6. The molecule has 2 heterocycles. The zero-order chi connectivity index (χ0) is 21.6. The number of piperazine rings is 1. The van der Waals surface area contributed by atoms with Crippen molar-refractivity contribution in [2.75, 3.05) is 42.9 Å². The van der Waals surface area contributed by atoms with Crippen molar-refractivity contribution in [1.29, 1.82) is 0 Å². The average Bonchev–Trinajstić information content (AvgIpc) is 3.28. The van der Waals surface area contributed by atoms with Crippen LogP contribution in [0.15, 0.2) is 60.9 Å². The molecular weight excluding hydrogens is 410 g/mol. The zero-order valence-electron chi connectivity index (χ0n) is 17.8. The Morgan fingerprint density at radius 3 is 2.61 bits per heavy atom. The fraction of sp³-hybridized carbons (Fsp3) is 0.333. The van der Waals surface area contributed by atoms with Gasteiger partial charge < -0.3 is 15.1 Å². The first-order valence-corrected chi connectivity index (χ1v) is 11.2. The monoisotopic (exact) mass is 437 g/mol. The molecule has 162 valence electrons. The molecule has 0 bridgehead atoms. The smallest absolute Gasteiger partial charge is 0.224 e. The van der Waals surface area contributed by atoms with Crippen molar-refractivity contribution in [3.8, 4) is 5.69 Å². The summed E-state index contributed by atoms with van der Waals surface area (Å²) in [7, 11) is 0. The van der Waals surface area contributed by atoms with E-state index in [1.807, 2.05) is 65.6 Å². The van der Waals surface area contributed by atoms with Crippen molar-refractivity contribution in [2.24, 2.45) is 0 Å². The van der Waals surface area contributed by atoms with Crippen LogP contribution in [0.3, 0.4) is 0 Å². The van der Waals surface area contributed by atoms with E-state index in [9.17, 15) is 4.79 Å². The molecule has 0 unspecified atom stereocenters. The summed E-state index contributed by atoms with van der Waals surface area (Å²) in [6.07, 6.45) is 4.80. The van der Waals surface area contributed by atoms with Gasteiger partial charge in [-0.1, -0.05) is 36.7 Å². The van der Waals surface area contributed by atoms with Crippen LogP contribution < -0.4 is 10.2 Å². The van der Waals surface area contributed by atoms with Gasteiger partial charge in [0.25, 0.3) is 0 Å². The van der Waals surface area contributed by atoms with Crippen LogP contribution in [-0.2, 0) is 11.2 Å². The largest absolute Gasteiger partial charge is 0.367 e. The number of anilines is 2. The molecule has 1 aliphatic heterocycles. The molecule has 7 heteroatoms. The highest BCUT2D eigenvalue weighted by Crippen LogP contribution is 2.30. The van der Waals surface area contributed by atoms with Crippen LogP contribution in [0.5, 0.6) is 0 Å². The Hall–Kier alpha value is -2.83. The standard InChI is InChI=1S/C24H28ClN5O/c1-2-28-12-14-29(15-13-28)23-10-9-20(25)16-22(23)27-24(31)11-8-19-17-26-30(18-19)21-6-4-3-5-7-21/h3-7,9-10,16-18H,2,8,11-15H2,1H3,(H,27,31). The Morgan fingerprint density at radius 1 is 1.10 bits per heavy atom. The predicted octanol–water partition coefficient (Wildman–Crippen LogP) is 4.24. The van der Waals surface area contributed by atoms with E-state index in [1.54, 1.807) is 0 Å². The molecule has 3 aromatic rings. The number of carbonyl (C=O) groups is 1. The minimum Gasteiger partial charge on any atom is -0.367 e. The maximum Gasteiger partial charge on any atom is 0.224 e. The summed E-state index contributed by atoms with van der Waals surface area (Å²) in [6, 6.07) is 15.7. The van der Waals surface area contributed by atoms with E-state index in [4.69, 9.17) is 11.6 Å². The van der Waals surface area contributed by atoms with E-state index in [2.05, 4.69) is 27.1 Å². The first-order valence-electron chi connectivity index (χ1n) is 10.8. The van der Waals surface area contributed by atoms with Gasteiger partial charge >= 0.3 is 0 Å². The first-order chi connectivity index (χ1) is 15.1. The number of nitrogens with one attached hydrogen (secondary N) is 1. The van der Waals surface area contributed by atoms with E-state index in [0.29, 0.717) is 17.9 Å². The van der Waals surface area contributed by atoms with Crippen LogP contribution in [-0.4, -0.2) is 53.3 Å². The number of nitrogens with zero attached hydrogens (tertiary/aromatic N) is 4. The predicted molar refractivity (Wildman–Crippen MR) is 126 cm³/mol. The molecule has 0 aliphatic carbocycles. The van der Waals surface area contributed by atoms with Gasteiger partial charge in [-0.05, 0) is 48.9 Å². The van der Waals surface area contributed by atoms with Crippen LogP contribution in [0.1, 0.15) is 18.9 Å². The van der Waals surface area contributed by atoms with Gasteiger partial charge in [-0.3, -0.25) is 4.79 Å². The number of hydrogen-bond acceptors (Lipinski definition) is 4. The molecule has 1 aromatic heterocycles. The van der Waals surface area contributed by atoms with Crippen LogP contribution in [0.25, 0.3) is 5.69 Å². The molecule has 1 fully saturated rings. The second kappa shape index (κ2) is 9.98. The third kappa shape index (κ3) is 5.46. The lowest BCUT2D eigenvalue weighted by Gasteiger charge is -2.36. The normalized spacial score (nSPS) is 14.6. The highest BCUT2D eigenvalue weighted by molar-refractivity contribution is 6.31. The van der Waals surface area contributed by atoms with E-state index < -0.39 is 0 Å². The number of benzene rings is 2. The SMILES string of the molecule is CCN1CCN(c2ccc(Cl)cc2NC(=O)CCc2cnn(-c3ccccc3)c2)CC1. The maximum atomic E-state index is 12.7. The Morgan fingerprint density at radius 2 is 1.87 bits per heavy atom. The van der Waals surface area contributed by atoms with Gasteiger partial charge in [0.05, 0.1) is 23.3 Å². The fourth-order valence-corrected chi connectivity index (χ4v) is 4.04. The third-order valence-corrected chi connectivity index (χ3v) is 5.93. The summed E-state index contributed by atoms with van der Waals surface area (Å²) < 4.78 is 1.83. The molecule has 1 aliphatic rings. The summed E-state index contributed by atoms with van der Waals surface area (Å²) in [5.41, 5.74) is 3.85. The number of aromatic nitrogens is 2. The highest BCUT2D eigenvalue weighted by Gasteiger charge is 2.19. The molecule has 31 heavy (non-hydrogen) atoms. The molecule has 6 nitrogen and oxygen atoms in total. The van der Waals surface area contributed by atoms with Gasteiger partial charge in [-0.25, -0.2) is 4.68 Å². The van der Waals surface area contributed by atoms with E-state index in [-0.39, 0.29) is 5.91 Å². The number of carbonyl (C=O) groups excluding carboxylic acids is 1. The van der Waals surface area contributed by atoms with Gasteiger partial charge in [-0.2, -0.15) is 5.10 Å². The number of likely N-dealkylation sites (N-methyl/N-ethyl adjacent to an activating group) is 1. The second-order valence-electron chi connectivity index (χ2n) is 7.76. The van der Waals surface area contributed by atoms with E-state index >= 15 is 0 Å². The highest BCUT2D eigenvalue weighted by atomic mass is 35.5. The van der Waals surface area contributed by atoms with Crippen LogP contribution in [0.4, 0.5) is 11.4 Å². The van der Waals surface area contributed by atoms with Gasteiger partial charge in [-0.15, -0.1) is 0 Å². The Labute approximate surface area is 188 Å². The number of hydrogen-bond donors (Lipinski definition) is 1. The number of para-hydroxylation sites is 1. The number of rotatable bonds is 7. The van der Waals surface area contributed by atoms with Crippen molar-refractivity contribution in [3.05, 3.63) is 71.5 Å². The van der Waals surface area contributed by atoms with Crippen molar-refractivity contribution in [3.63, 3.8) is 0 Å². The minimum absolute atomic E-state index is 0.0248. The van der Waals surface area contributed by atoms with Crippen molar-refractivity contribution < 1.29 is 4.79 Å². The molecule has 1 N–H and O–H groups in total. The average molecular weight is 438 g/mol. The number of amides is 1. The van der Waals surface area contributed by atoms with Gasteiger partial charge in [0.1, 0.15) is 0 Å². The molecule has 2 aromatic carbocycles.